The first-order chi connectivity index (χ1) is 9.17. The number of nitrogens with one attached hydrogen (secondary N) is 1. The number of amides is 1. The summed E-state index contributed by atoms with van der Waals surface area (Å²) in [4.78, 5) is 21.8. The van der Waals surface area contributed by atoms with Crippen LogP contribution in [0.1, 0.15) is 18.1 Å². The summed E-state index contributed by atoms with van der Waals surface area (Å²) in [7, 11) is -4.34. The zero-order chi connectivity index (χ0) is 15.3. The molecule has 1 atom stereocenters. The summed E-state index contributed by atoms with van der Waals surface area (Å²) in [6.45, 7) is 1.22. The first-order valence-corrected chi connectivity index (χ1v) is 7.26. The molecule has 0 heterocycles. The molecule has 1 aromatic carbocycles. The van der Waals surface area contributed by atoms with Gasteiger partial charge in [0.25, 0.3) is 0 Å². The molecule has 1 unspecified atom stereocenters. The molecule has 0 aliphatic heterocycles. The first kappa shape index (κ1) is 20.1. The summed E-state index contributed by atoms with van der Waals surface area (Å²) < 4.78 is 31.8. The van der Waals surface area contributed by atoms with Gasteiger partial charge in [-0.25, -0.2) is 13.2 Å². The van der Waals surface area contributed by atoms with E-state index in [1.165, 1.54) is 31.2 Å². The molecule has 9 heteroatoms. The van der Waals surface area contributed by atoms with Gasteiger partial charge in [0.05, 0.1) is 15.9 Å². The molecule has 0 spiro atoms. The van der Waals surface area contributed by atoms with E-state index in [4.69, 9.17) is 5.11 Å². The maximum Gasteiger partial charge on any atom is 1.00 e. The van der Waals surface area contributed by atoms with Crippen LogP contribution in [0.15, 0.2) is 24.3 Å². The van der Waals surface area contributed by atoms with Crippen molar-refractivity contribution in [3.63, 3.8) is 0 Å². The molecule has 0 aromatic heterocycles. The Morgan fingerprint density at radius 3 is 2.10 bits per heavy atom. The van der Waals surface area contributed by atoms with Crippen molar-refractivity contribution in [2.24, 2.45) is 0 Å². The molecule has 21 heavy (non-hydrogen) atoms. The van der Waals surface area contributed by atoms with Gasteiger partial charge in [0.1, 0.15) is 6.04 Å². The van der Waals surface area contributed by atoms with Gasteiger partial charge >= 0.3 is 35.5 Å². The third-order valence-electron chi connectivity index (χ3n) is 2.48. The fourth-order valence-electron chi connectivity index (χ4n) is 1.66. The number of rotatable bonds is 6. The minimum Gasteiger partial charge on any atom is -0.748 e. The summed E-state index contributed by atoms with van der Waals surface area (Å²) in [6, 6.07) is 4.88. The Morgan fingerprint density at radius 2 is 1.71 bits per heavy atom. The molecule has 1 aromatic rings. The van der Waals surface area contributed by atoms with Crippen LogP contribution in [0.2, 0.25) is 0 Å². The summed E-state index contributed by atoms with van der Waals surface area (Å²) in [5, 5.41) is 11.3. The molecular formula is C12H14NNaO6S. The SMILES string of the molecule is CC(=O)NC(Cc1ccc(CS(=O)(=O)[O-])cc1)C(=O)O.[Na+]. The molecular weight excluding hydrogens is 309 g/mol. The number of hydrogen-bond donors (Lipinski definition) is 2. The normalized spacial score (nSPS) is 12.1. The summed E-state index contributed by atoms with van der Waals surface area (Å²) >= 11 is 0. The van der Waals surface area contributed by atoms with E-state index < -0.39 is 33.8 Å². The number of hydrogen-bond acceptors (Lipinski definition) is 5. The Morgan fingerprint density at radius 1 is 1.24 bits per heavy atom. The fraction of sp³-hybridized carbons (Fsp3) is 0.333. The van der Waals surface area contributed by atoms with Gasteiger partial charge in [0.15, 0.2) is 0 Å². The van der Waals surface area contributed by atoms with Crippen LogP contribution >= 0.6 is 0 Å². The number of carboxylic acids is 1. The predicted molar refractivity (Wildman–Crippen MR) is 68.8 cm³/mol. The fourth-order valence-corrected chi connectivity index (χ4v) is 2.26. The van der Waals surface area contributed by atoms with E-state index in [2.05, 4.69) is 5.32 Å². The number of benzene rings is 1. The molecule has 2 N–H and O–H groups in total. The Kier molecular flexibility index (Phi) is 8.12. The van der Waals surface area contributed by atoms with Crippen LogP contribution in [0.25, 0.3) is 0 Å². The molecule has 1 amide bonds. The van der Waals surface area contributed by atoms with Crippen molar-refractivity contribution >= 4 is 22.0 Å². The van der Waals surface area contributed by atoms with Gasteiger partial charge in [0, 0.05) is 13.3 Å². The van der Waals surface area contributed by atoms with Gasteiger partial charge in [0.2, 0.25) is 5.91 Å². The zero-order valence-corrected chi connectivity index (χ0v) is 14.5. The van der Waals surface area contributed by atoms with E-state index in [1.54, 1.807) is 0 Å². The Labute approximate surface area is 144 Å². The molecule has 0 fully saturated rings. The average molecular weight is 323 g/mol. The number of aliphatic carboxylic acids is 1. The van der Waals surface area contributed by atoms with Crippen LogP contribution in [0, 0.1) is 0 Å². The van der Waals surface area contributed by atoms with Gasteiger partial charge in [-0.15, -0.1) is 0 Å². The van der Waals surface area contributed by atoms with Gasteiger partial charge in [-0.2, -0.15) is 0 Å². The van der Waals surface area contributed by atoms with E-state index >= 15 is 0 Å². The van der Waals surface area contributed by atoms with Crippen molar-refractivity contribution in [1.29, 1.82) is 0 Å². The van der Waals surface area contributed by atoms with Crippen molar-refractivity contribution in [2.75, 3.05) is 0 Å². The van der Waals surface area contributed by atoms with Crippen LogP contribution in [0.3, 0.4) is 0 Å². The molecule has 0 radical (unpaired) electrons. The van der Waals surface area contributed by atoms with Crippen molar-refractivity contribution in [3.05, 3.63) is 35.4 Å². The van der Waals surface area contributed by atoms with Crippen LogP contribution in [0.4, 0.5) is 0 Å². The monoisotopic (exact) mass is 323 g/mol. The van der Waals surface area contributed by atoms with Crippen LogP contribution < -0.4 is 34.9 Å². The maximum atomic E-state index is 11.0. The second-order valence-corrected chi connectivity index (χ2v) is 5.72. The molecule has 0 bridgehead atoms. The predicted octanol–water partition coefficient (Wildman–Crippen LogP) is -3.13. The van der Waals surface area contributed by atoms with Crippen molar-refractivity contribution in [1.82, 2.24) is 5.32 Å². The summed E-state index contributed by atoms with van der Waals surface area (Å²) in [5.41, 5.74) is 0.938. The number of carbonyl (C=O) groups is 2. The molecule has 7 nitrogen and oxygen atoms in total. The van der Waals surface area contributed by atoms with Crippen molar-refractivity contribution in [2.45, 2.75) is 25.1 Å². The largest absolute Gasteiger partial charge is 1.00 e. The van der Waals surface area contributed by atoms with Crippen LogP contribution in [-0.2, 0) is 31.9 Å². The van der Waals surface area contributed by atoms with Gasteiger partial charge in [-0.1, -0.05) is 24.3 Å². The van der Waals surface area contributed by atoms with Gasteiger partial charge in [-0.3, -0.25) is 4.79 Å². The minimum absolute atomic E-state index is 0. The van der Waals surface area contributed by atoms with Crippen LogP contribution in [0.5, 0.6) is 0 Å². The quantitative estimate of drug-likeness (QED) is 0.421. The van der Waals surface area contributed by atoms with E-state index in [0.717, 1.165) is 0 Å². The van der Waals surface area contributed by atoms with E-state index in [-0.39, 0.29) is 36.0 Å². The Hall–Kier alpha value is -0.930. The minimum atomic E-state index is -4.34. The average Bonchev–Trinajstić information content (AvgIpc) is 2.28. The second-order valence-electron chi connectivity index (χ2n) is 4.31. The van der Waals surface area contributed by atoms with E-state index in [0.29, 0.717) is 11.1 Å². The summed E-state index contributed by atoms with van der Waals surface area (Å²) in [6.07, 6.45) is 0.0688. The number of carboxylic acid groups (broad SMARTS) is 1. The van der Waals surface area contributed by atoms with Gasteiger partial charge < -0.3 is 15.0 Å². The van der Waals surface area contributed by atoms with E-state index in [9.17, 15) is 22.6 Å². The topological polar surface area (TPSA) is 124 Å². The van der Waals surface area contributed by atoms with Gasteiger partial charge in [-0.05, 0) is 11.1 Å². The molecule has 0 aliphatic rings. The molecule has 0 saturated heterocycles. The molecule has 1 rings (SSSR count). The molecule has 110 valence electrons. The van der Waals surface area contributed by atoms with Crippen molar-refractivity contribution < 1.29 is 57.2 Å². The third kappa shape index (κ3) is 8.18. The smallest absolute Gasteiger partial charge is 0.748 e. The van der Waals surface area contributed by atoms with Crippen molar-refractivity contribution in [3.8, 4) is 0 Å². The third-order valence-corrected chi connectivity index (χ3v) is 3.17. The zero-order valence-electron chi connectivity index (χ0n) is 11.7. The molecule has 0 saturated carbocycles. The molecule has 0 aliphatic carbocycles. The number of carbonyl (C=O) groups excluding carboxylic acids is 1. The summed E-state index contributed by atoms with van der Waals surface area (Å²) in [5.74, 6) is -2.22. The maximum absolute atomic E-state index is 11.0. The Balaban J connectivity index is 0.00000400. The first-order valence-electron chi connectivity index (χ1n) is 5.68. The standard InChI is InChI=1S/C12H15NO6S.Na/c1-8(14)13-11(12(15)16)6-9-2-4-10(5-3-9)7-20(17,18)19;/h2-5,11H,6-7H2,1H3,(H,13,14)(H,15,16)(H,17,18,19);/q;+1/p-1. The second kappa shape index (κ2) is 8.50. The van der Waals surface area contributed by atoms with E-state index in [1.807, 2.05) is 0 Å². The Bertz CT molecular complexity index is 599. The van der Waals surface area contributed by atoms with Crippen LogP contribution in [-0.4, -0.2) is 36.0 Å².